The second kappa shape index (κ2) is 5.14. The molecule has 1 aromatic carbocycles. The van der Waals surface area contributed by atoms with E-state index in [0.29, 0.717) is 5.56 Å². The SMILES string of the molecule is COC(=O)C(C)OC(=O)c1ccccc1. The summed E-state index contributed by atoms with van der Waals surface area (Å²) in [6.07, 6.45) is -0.886. The Balaban J connectivity index is 2.61. The molecular weight excluding hydrogens is 196 g/mol. The van der Waals surface area contributed by atoms with Crippen LogP contribution in [-0.2, 0) is 14.3 Å². The zero-order valence-corrected chi connectivity index (χ0v) is 8.60. The lowest BCUT2D eigenvalue weighted by molar-refractivity contribution is -0.149. The van der Waals surface area contributed by atoms with E-state index in [4.69, 9.17) is 4.74 Å². The number of esters is 2. The normalized spacial score (nSPS) is 11.6. The Bertz CT molecular complexity index is 345. The van der Waals surface area contributed by atoms with Crippen LogP contribution < -0.4 is 0 Å². The molecule has 0 N–H and O–H groups in total. The van der Waals surface area contributed by atoms with Gasteiger partial charge in [0, 0.05) is 0 Å². The van der Waals surface area contributed by atoms with Crippen LogP contribution in [0.5, 0.6) is 0 Å². The molecule has 1 unspecified atom stereocenters. The van der Waals surface area contributed by atoms with Gasteiger partial charge in [0.05, 0.1) is 12.7 Å². The molecule has 0 aliphatic heterocycles. The first-order valence-electron chi connectivity index (χ1n) is 4.49. The summed E-state index contributed by atoms with van der Waals surface area (Å²) in [5.74, 6) is -1.10. The molecule has 0 bridgehead atoms. The topological polar surface area (TPSA) is 52.6 Å². The third-order valence-electron chi connectivity index (χ3n) is 1.83. The first kappa shape index (κ1) is 11.2. The largest absolute Gasteiger partial charge is 0.466 e. The summed E-state index contributed by atoms with van der Waals surface area (Å²) in [4.78, 5) is 22.4. The number of hydrogen-bond donors (Lipinski definition) is 0. The lowest BCUT2D eigenvalue weighted by atomic mass is 10.2. The smallest absolute Gasteiger partial charge is 0.346 e. The molecule has 0 radical (unpaired) electrons. The van der Waals surface area contributed by atoms with Crippen molar-refractivity contribution in [2.24, 2.45) is 0 Å². The van der Waals surface area contributed by atoms with Crippen molar-refractivity contribution in [3.63, 3.8) is 0 Å². The van der Waals surface area contributed by atoms with Crippen molar-refractivity contribution >= 4 is 11.9 Å². The van der Waals surface area contributed by atoms with E-state index in [-0.39, 0.29) is 0 Å². The highest BCUT2D eigenvalue weighted by atomic mass is 16.6. The summed E-state index contributed by atoms with van der Waals surface area (Å²) in [7, 11) is 1.25. The van der Waals surface area contributed by atoms with E-state index >= 15 is 0 Å². The van der Waals surface area contributed by atoms with Gasteiger partial charge in [0.25, 0.3) is 0 Å². The molecule has 0 aromatic heterocycles. The van der Waals surface area contributed by atoms with Gasteiger partial charge in [-0.3, -0.25) is 0 Å². The van der Waals surface area contributed by atoms with Gasteiger partial charge >= 0.3 is 11.9 Å². The van der Waals surface area contributed by atoms with E-state index in [0.717, 1.165) is 0 Å². The molecule has 0 aliphatic carbocycles. The van der Waals surface area contributed by atoms with E-state index in [1.54, 1.807) is 30.3 Å². The van der Waals surface area contributed by atoms with Crippen LogP contribution in [-0.4, -0.2) is 25.2 Å². The Morgan fingerprint density at radius 2 is 1.80 bits per heavy atom. The average Bonchev–Trinajstić information content (AvgIpc) is 2.29. The summed E-state index contributed by atoms with van der Waals surface area (Å²) >= 11 is 0. The number of carbonyl (C=O) groups excluding carboxylic acids is 2. The lowest BCUT2D eigenvalue weighted by Gasteiger charge is -2.10. The maximum absolute atomic E-state index is 11.4. The fourth-order valence-corrected chi connectivity index (χ4v) is 1.02. The Morgan fingerprint density at radius 1 is 1.20 bits per heavy atom. The monoisotopic (exact) mass is 208 g/mol. The molecule has 0 saturated heterocycles. The first-order chi connectivity index (χ1) is 7.15. The van der Waals surface area contributed by atoms with Gasteiger partial charge in [-0.05, 0) is 19.1 Å². The second-order valence-electron chi connectivity index (χ2n) is 2.94. The van der Waals surface area contributed by atoms with Crippen molar-refractivity contribution < 1.29 is 19.1 Å². The van der Waals surface area contributed by atoms with Crippen LogP contribution in [0.15, 0.2) is 30.3 Å². The van der Waals surface area contributed by atoms with E-state index in [1.807, 2.05) is 0 Å². The number of methoxy groups -OCH3 is 1. The third-order valence-corrected chi connectivity index (χ3v) is 1.83. The van der Waals surface area contributed by atoms with Gasteiger partial charge in [-0.1, -0.05) is 18.2 Å². The summed E-state index contributed by atoms with van der Waals surface area (Å²) in [5.41, 5.74) is 0.410. The van der Waals surface area contributed by atoms with E-state index in [2.05, 4.69) is 4.74 Å². The molecule has 0 saturated carbocycles. The molecule has 15 heavy (non-hydrogen) atoms. The van der Waals surface area contributed by atoms with Gasteiger partial charge in [-0.15, -0.1) is 0 Å². The van der Waals surface area contributed by atoms with Crippen molar-refractivity contribution in [2.75, 3.05) is 7.11 Å². The third kappa shape index (κ3) is 3.09. The number of hydrogen-bond acceptors (Lipinski definition) is 4. The van der Waals surface area contributed by atoms with Gasteiger partial charge in [-0.2, -0.15) is 0 Å². The minimum Gasteiger partial charge on any atom is -0.466 e. The standard InChI is InChI=1S/C11H12O4/c1-8(10(12)14-2)15-11(13)9-6-4-3-5-7-9/h3-8H,1-2H3. The molecule has 0 amide bonds. The molecule has 0 heterocycles. The van der Waals surface area contributed by atoms with Crippen LogP contribution in [0.3, 0.4) is 0 Å². The number of rotatable bonds is 3. The quantitative estimate of drug-likeness (QED) is 0.704. The molecule has 4 nitrogen and oxygen atoms in total. The molecule has 80 valence electrons. The maximum atomic E-state index is 11.4. The molecule has 4 heteroatoms. The van der Waals surface area contributed by atoms with E-state index < -0.39 is 18.0 Å². The van der Waals surface area contributed by atoms with Crippen molar-refractivity contribution in [1.82, 2.24) is 0 Å². The minimum absolute atomic E-state index is 0.410. The molecule has 1 rings (SSSR count). The fraction of sp³-hybridized carbons (Fsp3) is 0.273. The molecule has 0 aliphatic rings. The molecule has 1 atom stereocenters. The summed E-state index contributed by atoms with van der Waals surface area (Å²) < 4.78 is 9.31. The Labute approximate surface area is 87.8 Å². The van der Waals surface area contributed by atoms with Crippen LogP contribution in [0.2, 0.25) is 0 Å². The van der Waals surface area contributed by atoms with E-state index in [9.17, 15) is 9.59 Å². The van der Waals surface area contributed by atoms with E-state index in [1.165, 1.54) is 14.0 Å². The zero-order valence-electron chi connectivity index (χ0n) is 8.60. The second-order valence-corrected chi connectivity index (χ2v) is 2.94. The zero-order chi connectivity index (χ0) is 11.3. The van der Waals surface area contributed by atoms with Crippen LogP contribution in [0.1, 0.15) is 17.3 Å². The van der Waals surface area contributed by atoms with Crippen LogP contribution in [0.25, 0.3) is 0 Å². The van der Waals surface area contributed by atoms with Crippen molar-refractivity contribution in [3.8, 4) is 0 Å². The van der Waals surface area contributed by atoms with Gasteiger partial charge in [0.15, 0.2) is 6.10 Å². The van der Waals surface area contributed by atoms with Crippen LogP contribution in [0, 0.1) is 0 Å². The predicted octanol–water partition coefficient (Wildman–Crippen LogP) is 1.40. The average molecular weight is 208 g/mol. The van der Waals surface area contributed by atoms with Gasteiger partial charge in [0.1, 0.15) is 0 Å². The first-order valence-corrected chi connectivity index (χ1v) is 4.49. The van der Waals surface area contributed by atoms with Crippen molar-refractivity contribution in [2.45, 2.75) is 13.0 Å². The molecule has 0 spiro atoms. The van der Waals surface area contributed by atoms with Crippen LogP contribution >= 0.6 is 0 Å². The number of carbonyl (C=O) groups is 2. The Kier molecular flexibility index (Phi) is 3.85. The summed E-state index contributed by atoms with van der Waals surface area (Å²) in [6, 6.07) is 8.47. The van der Waals surface area contributed by atoms with Crippen LogP contribution in [0.4, 0.5) is 0 Å². The number of ether oxygens (including phenoxy) is 2. The molecular formula is C11H12O4. The van der Waals surface area contributed by atoms with Gasteiger partial charge in [-0.25, -0.2) is 9.59 Å². The fourth-order valence-electron chi connectivity index (χ4n) is 1.02. The van der Waals surface area contributed by atoms with Crippen molar-refractivity contribution in [1.29, 1.82) is 0 Å². The lowest BCUT2D eigenvalue weighted by Crippen LogP contribution is -2.25. The maximum Gasteiger partial charge on any atom is 0.346 e. The number of benzene rings is 1. The minimum atomic E-state index is -0.886. The van der Waals surface area contributed by atoms with Gasteiger partial charge in [0.2, 0.25) is 0 Å². The highest BCUT2D eigenvalue weighted by Crippen LogP contribution is 2.04. The summed E-state index contributed by atoms with van der Waals surface area (Å²) in [6.45, 7) is 1.46. The highest BCUT2D eigenvalue weighted by molar-refractivity contribution is 5.91. The predicted molar refractivity (Wildman–Crippen MR) is 53.3 cm³/mol. The summed E-state index contributed by atoms with van der Waals surface area (Å²) in [5, 5.41) is 0. The Hall–Kier alpha value is -1.84. The molecule has 1 aromatic rings. The Morgan fingerprint density at radius 3 is 2.33 bits per heavy atom. The van der Waals surface area contributed by atoms with Gasteiger partial charge < -0.3 is 9.47 Å². The highest BCUT2D eigenvalue weighted by Gasteiger charge is 2.18. The molecule has 0 fully saturated rings. The van der Waals surface area contributed by atoms with Crippen molar-refractivity contribution in [3.05, 3.63) is 35.9 Å².